The van der Waals surface area contributed by atoms with Crippen LogP contribution in [0.3, 0.4) is 0 Å². The zero-order valence-electron chi connectivity index (χ0n) is 16.4. The number of aliphatic hydroxyl groups is 1. The van der Waals surface area contributed by atoms with Gasteiger partial charge >= 0.3 is 0 Å². The maximum absolute atomic E-state index is 12.8. The number of methoxy groups -OCH3 is 2. The van der Waals surface area contributed by atoms with E-state index in [1.54, 1.807) is 25.3 Å². The minimum absolute atomic E-state index is 0.0930. The van der Waals surface area contributed by atoms with Crippen LogP contribution in [0.15, 0.2) is 29.5 Å². The van der Waals surface area contributed by atoms with E-state index >= 15 is 0 Å². The third-order valence-electron chi connectivity index (χ3n) is 5.18. The van der Waals surface area contributed by atoms with E-state index in [2.05, 4.69) is 4.90 Å². The molecule has 1 saturated heterocycles. The number of aliphatic hydroxyl groups excluding tert-OH is 1. The van der Waals surface area contributed by atoms with Gasteiger partial charge in [-0.2, -0.15) is 0 Å². The van der Waals surface area contributed by atoms with E-state index in [1.165, 1.54) is 18.9 Å². The normalized spacial score (nSPS) is 20.6. The van der Waals surface area contributed by atoms with E-state index in [1.807, 2.05) is 0 Å². The fraction of sp³-hybridized carbons (Fsp3) is 0.500. The van der Waals surface area contributed by atoms with Crippen LogP contribution >= 0.6 is 0 Å². The Morgan fingerprint density at radius 2 is 1.93 bits per heavy atom. The molecule has 3 rings (SSSR count). The van der Waals surface area contributed by atoms with Crippen LogP contribution in [0.4, 0.5) is 0 Å². The van der Waals surface area contributed by atoms with Crippen molar-refractivity contribution in [2.75, 3.05) is 53.6 Å². The number of benzene rings is 1. The molecule has 2 heterocycles. The van der Waals surface area contributed by atoms with Crippen LogP contribution in [0.1, 0.15) is 18.5 Å². The second-order valence-corrected chi connectivity index (χ2v) is 6.78. The van der Waals surface area contributed by atoms with E-state index in [0.717, 1.165) is 13.1 Å². The van der Waals surface area contributed by atoms with Gasteiger partial charge in [0, 0.05) is 37.8 Å². The highest BCUT2D eigenvalue weighted by Gasteiger charge is 2.43. The molecule has 1 atom stereocenters. The molecule has 28 heavy (non-hydrogen) atoms. The summed E-state index contributed by atoms with van der Waals surface area (Å²) in [6.07, 6.45) is 0. The fourth-order valence-electron chi connectivity index (χ4n) is 3.69. The molecule has 0 aromatic heterocycles. The van der Waals surface area contributed by atoms with Crippen LogP contribution < -0.4 is 9.47 Å². The summed E-state index contributed by atoms with van der Waals surface area (Å²) < 4.78 is 16.1. The lowest BCUT2D eigenvalue weighted by Gasteiger charge is -2.32. The molecule has 1 fully saturated rings. The molecular weight excluding hydrogens is 364 g/mol. The summed E-state index contributed by atoms with van der Waals surface area (Å²) in [5.74, 6) is -0.286. The largest absolute Gasteiger partial charge is 0.503 e. The zero-order valence-corrected chi connectivity index (χ0v) is 16.4. The van der Waals surface area contributed by atoms with Gasteiger partial charge in [0.25, 0.3) is 5.91 Å². The molecule has 0 unspecified atom stereocenters. The van der Waals surface area contributed by atoms with Crippen molar-refractivity contribution in [3.8, 4) is 11.5 Å². The van der Waals surface area contributed by atoms with Gasteiger partial charge in [-0.1, -0.05) is 0 Å². The number of rotatable bonds is 7. The van der Waals surface area contributed by atoms with Gasteiger partial charge in [0.2, 0.25) is 0 Å². The van der Waals surface area contributed by atoms with Crippen LogP contribution in [-0.2, 0) is 14.3 Å². The standard InChI is InChI=1S/C20H26N2O6/c1-13(23)17-18(15-5-4-14(26-2)12-16(15)27-3)22(20(25)19(17)24)7-6-21-8-10-28-11-9-21/h4-5,12,18,24H,6-11H2,1-3H3/t18-/m1/s1. The Morgan fingerprint density at radius 1 is 1.21 bits per heavy atom. The molecule has 0 saturated carbocycles. The Kier molecular flexibility index (Phi) is 6.21. The van der Waals surface area contributed by atoms with Crippen molar-refractivity contribution in [1.29, 1.82) is 0 Å². The second-order valence-electron chi connectivity index (χ2n) is 6.78. The van der Waals surface area contributed by atoms with Gasteiger partial charge in [0.15, 0.2) is 11.5 Å². The maximum Gasteiger partial charge on any atom is 0.290 e. The maximum atomic E-state index is 12.8. The van der Waals surface area contributed by atoms with Crippen molar-refractivity contribution >= 4 is 11.7 Å². The minimum Gasteiger partial charge on any atom is -0.503 e. The number of ether oxygens (including phenoxy) is 3. The van der Waals surface area contributed by atoms with Gasteiger partial charge in [-0.15, -0.1) is 0 Å². The van der Waals surface area contributed by atoms with Gasteiger partial charge < -0.3 is 24.2 Å². The van der Waals surface area contributed by atoms with Crippen LogP contribution in [0.2, 0.25) is 0 Å². The summed E-state index contributed by atoms with van der Waals surface area (Å²) in [6, 6.07) is 4.51. The number of ketones is 1. The molecule has 2 aliphatic rings. The van der Waals surface area contributed by atoms with E-state index in [-0.39, 0.29) is 11.4 Å². The number of hydrogen-bond acceptors (Lipinski definition) is 7. The number of carbonyl (C=O) groups excluding carboxylic acids is 2. The van der Waals surface area contributed by atoms with Gasteiger partial charge in [0.1, 0.15) is 11.5 Å². The predicted octanol–water partition coefficient (Wildman–Crippen LogP) is 1.32. The average molecular weight is 390 g/mol. The SMILES string of the molecule is COc1ccc([C@@H]2C(C(C)=O)=C(O)C(=O)N2CCN2CCOCC2)c(OC)c1. The van der Waals surface area contributed by atoms with E-state index in [4.69, 9.17) is 14.2 Å². The number of amides is 1. The van der Waals surface area contributed by atoms with E-state index in [9.17, 15) is 14.7 Å². The summed E-state index contributed by atoms with van der Waals surface area (Å²) in [4.78, 5) is 28.8. The number of Topliss-reactive ketones (excluding diaryl/α,β-unsaturated/α-hetero) is 1. The van der Waals surface area contributed by atoms with Crippen molar-refractivity contribution in [2.24, 2.45) is 0 Å². The molecular formula is C20H26N2O6. The summed E-state index contributed by atoms with van der Waals surface area (Å²) in [5, 5.41) is 10.4. The highest BCUT2D eigenvalue weighted by molar-refractivity contribution is 6.08. The predicted molar refractivity (Wildman–Crippen MR) is 102 cm³/mol. The van der Waals surface area contributed by atoms with Gasteiger partial charge in [-0.05, 0) is 19.1 Å². The van der Waals surface area contributed by atoms with Crippen molar-refractivity contribution < 1.29 is 28.9 Å². The molecule has 8 heteroatoms. The molecule has 1 aromatic carbocycles. The molecule has 1 N–H and O–H groups in total. The summed E-state index contributed by atoms with van der Waals surface area (Å²) in [5.41, 5.74) is 0.725. The third-order valence-corrected chi connectivity index (χ3v) is 5.18. The van der Waals surface area contributed by atoms with Crippen molar-refractivity contribution in [1.82, 2.24) is 9.80 Å². The molecule has 0 spiro atoms. The Hall–Kier alpha value is -2.58. The molecule has 2 aliphatic heterocycles. The molecule has 1 amide bonds. The Morgan fingerprint density at radius 3 is 2.54 bits per heavy atom. The van der Waals surface area contributed by atoms with Crippen molar-refractivity contribution in [3.05, 3.63) is 35.1 Å². The molecule has 8 nitrogen and oxygen atoms in total. The number of hydrogen-bond donors (Lipinski definition) is 1. The Bertz CT molecular complexity index is 785. The number of nitrogens with zero attached hydrogens (tertiary/aromatic N) is 2. The highest BCUT2D eigenvalue weighted by Crippen LogP contribution is 2.42. The van der Waals surface area contributed by atoms with Crippen molar-refractivity contribution in [3.63, 3.8) is 0 Å². The quantitative estimate of drug-likeness (QED) is 0.751. The average Bonchev–Trinajstić information content (AvgIpc) is 2.97. The summed E-state index contributed by atoms with van der Waals surface area (Å²) in [7, 11) is 3.07. The smallest absolute Gasteiger partial charge is 0.290 e. The molecule has 0 aliphatic carbocycles. The first-order valence-electron chi connectivity index (χ1n) is 9.25. The lowest BCUT2D eigenvalue weighted by Crippen LogP contribution is -2.43. The van der Waals surface area contributed by atoms with E-state index in [0.29, 0.717) is 43.4 Å². The second kappa shape index (κ2) is 8.62. The summed E-state index contributed by atoms with van der Waals surface area (Å²) in [6.45, 7) is 5.25. The Labute approximate surface area is 164 Å². The first kappa shape index (κ1) is 20.2. The Balaban J connectivity index is 1.94. The molecule has 0 bridgehead atoms. The number of carbonyl (C=O) groups is 2. The topological polar surface area (TPSA) is 88.5 Å². The van der Waals surface area contributed by atoms with Crippen LogP contribution in [0.25, 0.3) is 0 Å². The minimum atomic E-state index is -0.702. The lowest BCUT2D eigenvalue weighted by molar-refractivity contribution is -0.129. The highest BCUT2D eigenvalue weighted by atomic mass is 16.5. The van der Waals surface area contributed by atoms with E-state index < -0.39 is 17.7 Å². The van der Waals surface area contributed by atoms with Gasteiger partial charge in [-0.25, -0.2) is 0 Å². The fourth-order valence-corrected chi connectivity index (χ4v) is 3.69. The molecule has 0 radical (unpaired) electrons. The van der Waals surface area contributed by atoms with Gasteiger partial charge in [-0.3, -0.25) is 14.5 Å². The van der Waals surface area contributed by atoms with Crippen LogP contribution in [0.5, 0.6) is 11.5 Å². The van der Waals surface area contributed by atoms with Crippen LogP contribution in [0, 0.1) is 0 Å². The van der Waals surface area contributed by atoms with Gasteiger partial charge in [0.05, 0.1) is 39.0 Å². The lowest BCUT2D eigenvalue weighted by atomic mass is 9.95. The molecule has 152 valence electrons. The van der Waals surface area contributed by atoms with Crippen LogP contribution in [-0.4, -0.2) is 80.2 Å². The first-order valence-corrected chi connectivity index (χ1v) is 9.25. The number of morpholine rings is 1. The monoisotopic (exact) mass is 390 g/mol. The molecule has 1 aromatic rings. The zero-order chi connectivity index (χ0) is 20.3. The van der Waals surface area contributed by atoms with Crippen molar-refractivity contribution in [2.45, 2.75) is 13.0 Å². The first-order chi connectivity index (χ1) is 13.5. The summed E-state index contributed by atoms with van der Waals surface area (Å²) >= 11 is 0. The third kappa shape index (κ3) is 3.83.